The van der Waals surface area contributed by atoms with E-state index in [-0.39, 0.29) is 5.91 Å². The molecular formula is C18H21N3OS. The van der Waals surface area contributed by atoms with Crippen molar-refractivity contribution in [2.45, 2.75) is 38.0 Å². The maximum atomic E-state index is 12.4. The highest BCUT2D eigenvalue weighted by atomic mass is 32.1. The lowest BCUT2D eigenvalue weighted by Gasteiger charge is -2.20. The zero-order valence-corrected chi connectivity index (χ0v) is 13.9. The lowest BCUT2D eigenvalue weighted by atomic mass is 9.99. The summed E-state index contributed by atoms with van der Waals surface area (Å²) in [4.78, 5) is 17.0. The van der Waals surface area contributed by atoms with Gasteiger partial charge < -0.3 is 10.6 Å². The number of piperidine rings is 1. The second-order valence-corrected chi connectivity index (χ2v) is 7.28. The summed E-state index contributed by atoms with van der Waals surface area (Å²) in [6.45, 7) is 2.09. The number of hydrogen-bond acceptors (Lipinski definition) is 4. The molecule has 4 rings (SSSR count). The zero-order chi connectivity index (χ0) is 15.6. The van der Waals surface area contributed by atoms with Gasteiger partial charge >= 0.3 is 0 Å². The predicted molar refractivity (Wildman–Crippen MR) is 93.4 cm³/mol. The molecule has 1 fully saturated rings. The minimum atomic E-state index is -0.0978. The Bertz CT molecular complexity index is 719. The molecule has 1 aliphatic carbocycles. The molecule has 0 unspecified atom stereocenters. The molecule has 2 N–H and O–H groups in total. The van der Waals surface area contributed by atoms with Crippen LogP contribution < -0.4 is 10.6 Å². The van der Waals surface area contributed by atoms with Gasteiger partial charge in [0.1, 0.15) is 5.69 Å². The fourth-order valence-electron chi connectivity index (χ4n) is 3.49. The minimum Gasteiger partial charge on any atom is -0.321 e. The van der Waals surface area contributed by atoms with Gasteiger partial charge in [0.15, 0.2) is 0 Å². The highest BCUT2D eigenvalue weighted by Gasteiger charge is 2.20. The SMILES string of the molecule is O=C(Nc1ccc2c(c1)CCC2)c1csc(C2CCNCC2)n1. The van der Waals surface area contributed by atoms with Crippen molar-refractivity contribution in [3.63, 3.8) is 0 Å². The van der Waals surface area contributed by atoms with Gasteiger partial charge in [-0.2, -0.15) is 0 Å². The summed E-state index contributed by atoms with van der Waals surface area (Å²) in [6, 6.07) is 6.25. The van der Waals surface area contributed by atoms with Gasteiger partial charge in [-0.1, -0.05) is 6.07 Å². The van der Waals surface area contributed by atoms with Crippen LogP contribution in [0.15, 0.2) is 23.6 Å². The minimum absolute atomic E-state index is 0.0978. The quantitative estimate of drug-likeness (QED) is 0.909. The number of nitrogens with zero attached hydrogens (tertiary/aromatic N) is 1. The Morgan fingerprint density at radius 3 is 2.91 bits per heavy atom. The number of rotatable bonds is 3. The van der Waals surface area contributed by atoms with Crippen LogP contribution in [0.2, 0.25) is 0 Å². The molecule has 0 saturated carbocycles. The third kappa shape index (κ3) is 3.16. The molecule has 1 aliphatic heterocycles. The Hall–Kier alpha value is -1.72. The number of aryl methyl sites for hydroxylation is 2. The van der Waals surface area contributed by atoms with Crippen molar-refractivity contribution in [2.24, 2.45) is 0 Å². The molecule has 2 aliphatic rings. The van der Waals surface area contributed by atoms with Gasteiger partial charge in [0.05, 0.1) is 5.01 Å². The third-order valence-corrected chi connectivity index (χ3v) is 5.81. The Labute approximate surface area is 140 Å². The molecule has 4 nitrogen and oxygen atoms in total. The van der Waals surface area contributed by atoms with Crippen LogP contribution in [-0.2, 0) is 12.8 Å². The number of aromatic nitrogens is 1. The maximum absolute atomic E-state index is 12.4. The molecule has 1 aromatic heterocycles. The lowest BCUT2D eigenvalue weighted by Crippen LogP contribution is -2.26. The molecule has 120 valence electrons. The largest absolute Gasteiger partial charge is 0.321 e. The average Bonchev–Trinajstić information content (AvgIpc) is 3.24. The average molecular weight is 327 g/mol. The molecule has 0 spiro atoms. The van der Waals surface area contributed by atoms with Crippen LogP contribution in [0.3, 0.4) is 0 Å². The van der Waals surface area contributed by atoms with Crippen LogP contribution in [0.1, 0.15) is 51.8 Å². The summed E-state index contributed by atoms with van der Waals surface area (Å²) >= 11 is 1.62. The van der Waals surface area contributed by atoms with Gasteiger partial charge in [-0.05, 0) is 68.5 Å². The summed E-state index contributed by atoms with van der Waals surface area (Å²) in [7, 11) is 0. The summed E-state index contributed by atoms with van der Waals surface area (Å²) in [5, 5.41) is 9.35. The van der Waals surface area contributed by atoms with E-state index in [1.54, 1.807) is 11.3 Å². The van der Waals surface area contributed by atoms with Crippen LogP contribution in [0.4, 0.5) is 5.69 Å². The molecule has 1 amide bonds. The summed E-state index contributed by atoms with van der Waals surface area (Å²) in [5.41, 5.74) is 4.22. The van der Waals surface area contributed by atoms with Crippen molar-refractivity contribution >= 4 is 22.9 Å². The first-order valence-electron chi connectivity index (χ1n) is 8.39. The molecule has 23 heavy (non-hydrogen) atoms. The van der Waals surface area contributed by atoms with E-state index in [1.165, 1.54) is 17.5 Å². The van der Waals surface area contributed by atoms with Gasteiger partial charge in [0.2, 0.25) is 0 Å². The topological polar surface area (TPSA) is 54.0 Å². The Balaban J connectivity index is 1.45. The summed E-state index contributed by atoms with van der Waals surface area (Å²) < 4.78 is 0. The highest BCUT2D eigenvalue weighted by molar-refractivity contribution is 7.09. The fourth-order valence-corrected chi connectivity index (χ4v) is 4.46. The van der Waals surface area contributed by atoms with Crippen LogP contribution in [-0.4, -0.2) is 24.0 Å². The van der Waals surface area contributed by atoms with Crippen molar-refractivity contribution in [1.29, 1.82) is 0 Å². The number of nitrogens with one attached hydrogen (secondary N) is 2. The number of benzene rings is 1. The molecule has 0 bridgehead atoms. The maximum Gasteiger partial charge on any atom is 0.275 e. The van der Waals surface area contributed by atoms with E-state index < -0.39 is 0 Å². The number of amides is 1. The Morgan fingerprint density at radius 2 is 2.04 bits per heavy atom. The Morgan fingerprint density at radius 1 is 1.22 bits per heavy atom. The van der Waals surface area contributed by atoms with E-state index in [2.05, 4.69) is 27.8 Å². The van der Waals surface area contributed by atoms with E-state index in [4.69, 9.17) is 0 Å². The molecule has 5 heteroatoms. The molecule has 2 aromatic rings. The number of carbonyl (C=O) groups excluding carboxylic acids is 1. The molecule has 1 saturated heterocycles. The summed E-state index contributed by atoms with van der Waals surface area (Å²) in [5.74, 6) is 0.405. The monoisotopic (exact) mass is 327 g/mol. The highest BCUT2D eigenvalue weighted by Crippen LogP contribution is 2.29. The van der Waals surface area contributed by atoms with Gasteiger partial charge in [-0.3, -0.25) is 4.79 Å². The molecule has 1 aromatic carbocycles. The van der Waals surface area contributed by atoms with Crippen molar-refractivity contribution in [3.8, 4) is 0 Å². The van der Waals surface area contributed by atoms with Crippen LogP contribution in [0.25, 0.3) is 0 Å². The van der Waals surface area contributed by atoms with Gasteiger partial charge in [0.25, 0.3) is 5.91 Å². The van der Waals surface area contributed by atoms with Crippen LogP contribution in [0.5, 0.6) is 0 Å². The van der Waals surface area contributed by atoms with Gasteiger partial charge in [-0.25, -0.2) is 4.98 Å². The number of thiazole rings is 1. The normalized spacial score (nSPS) is 17.9. The first kappa shape index (κ1) is 14.8. The second kappa shape index (κ2) is 6.42. The Kier molecular flexibility index (Phi) is 4.14. The molecule has 0 radical (unpaired) electrons. The summed E-state index contributed by atoms with van der Waals surface area (Å²) in [6.07, 6.45) is 5.72. The van der Waals surface area contributed by atoms with E-state index in [9.17, 15) is 4.79 Å². The van der Waals surface area contributed by atoms with E-state index >= 15 is 0 Å². The van der Waals surface area contributed by atoms with E-state index in [0.717, 1.165) is 49.5 Å². The fraction of sp³-hybridized carbons (Fsp3) is 0.444. The number of hydrogen-bond donors (Lipinski definition) is 2. The van der Waals surface area contributed by atoms with Crippen LogP contribution >= 0.6 is 11.3 Å². The number of carbonyl (C=O) groups is 1. The molecule has 2 heterocycles. The van der Waals surface area contributed by atoms with Gasteiger partial charge in [0, 0.05) is 17.0 Å². The van der Waals surface area contributed by atoms with E-state index in [1.807, 2.05) is 11.4 Å². The smallest absolute Gasteiger partial charge is 0.275 e. The lowest BCUT2D eigenvalue weighted by molar-refractivity contribution is 0.102. The zero-order valence-electron chi connectivity index (χ0n) is 13.1. The van der Waals surface area contributed by atoms with E-state index in [0.29, 0.717) is 11.6 Å². The predicted octanol–water partition coefficient (Wildman–Crippen LogP) is 3.35. The third-order valence-electron chi connectivity index (χ3n) is 4.80. The van der Waals surface area contributed by atoms with Gasteiger partial charge in [-0.15, -0.1) is 11.3 Å². The van der Waals surface area contributed by atoms with Crippen LogP contribution in [0, 0.1) is 0 Å². The van der Waals surface area contributed by atoms with Crippen molar-refractivity contribution in [3.05, 3.63) is 45.4 Å². The number of anilines is 1. The van der Waals surface area contributed by atoms with Crippen molar-refractivity contribution in [1.82, 2.24) is 10.3 Å². The molecular weight excluding hydrogens is 306 g/mol. The first-order chi connectivity index (χ1) is 11.3. The number of fused-ring (bicyclic) bond motifs is 1. The van der Waals surface area contributed by atoms with Crippen molar-refractivity contribution < 1.29 is 4.79 Å². The van der Waals surface area contributed by atoms with Crippen molar-refractivity contribution in [2.75, 3.05) is 18.4 Å². The standard InChI is InChI=1S/C18H21N3OS/c22-17(20-15-5-4-12-2-1-3-14(12)10-15)16-11-23-18(21-16)13-6-8-19-9-7-13/h4-5,10-11,13,19H,1-3,6-9H2,(H,20,22). The second-order valence-electron chi connectivity index (χ2n) is 6.39. The molecule has 0 atom stereocenters. The first-order valence-corrected chi connectivity index (χ1v) is 9.27.